The molecule has 33 heavy (non-hydrogen) atoms. The Morgan fingerprint density at radius 1 is 1.06 bits per heavy atom. The van der Waals surface area contributed by atoms with Gasteiger partial charge >= 0.3 is 0 Å². The number of nitrogen functional groups attached to an aromatic ring is 1. The number of nitrogens with zero attached hydrogens (tertiary/aromatic N) is 4. The Morgan fingerprint density at radius 2 is 1.76 bits per heavy atom. The highest BCUT2D eigenvalue weighted by Crippen LogP contribution is 2.24. The minimum absolute atomic E-state index is 0.582. The van der Waals surface area contributed by atoms with Crippen LogP contribution in [0.1, 0.15) is 18.1 Å². The van der Waals surface area contributed by atoms with Crippen molar-refractivity contribution in [1.29, 1.82) is 5.41 Å². The van der Waals surface area contributed by atoms with Gasteiger partial charge in [-0.3, -0.25) is 4.90 Å². The highest BCUT2D eigenvalue weighted by molar-refractivity contribution is 5.76. The number of morpholine rings is 2. The van der Waals surface area contributed by atoms with Gasteiger partial charge in [0.1, 0.15) is 11.6 Å². The van der Waals surface area contributed by atoms with E-state index in [2.05, 4.69) is 32.7 Å². The van der Waals surface area contributed by atoms with Crippen LogP contribution in [0.2, 0.25) is 0 Å². The van der Waals surface area contributed by atoms with Crippen molar-refractivity contribution in [3.8, 4) is 0 Å². The normalized spacial score (nSPS) is 16.6. The standard InChI is InChI=1S/C17H29N5O2.C8H9N/c1-2-21(4-3-20-5-9-23-10-6-20)17-14-15(13-16(18)19-17)22-7-11-24-12-8-22;1-7-3-2-4-8(5-7)6-9/h13-14H,2-12H2,1H3,(H2,18,19);2-6,9H,1H3. The Morgan fingerprint density at radius 3 is 2.36 bits per heavy atom. The van der Waals surface area contributed by atoms with E-state index in [0.29, 0.717) is 5.82 Å². The second-order valence-electron chi connectivity index (χ2n) is 8.30. The maximum atomic E-state index is 6.92. The van der Waals surface area contributed by atoms with Crippen molar-refractivity contribution in [2.24, 2.45) is 0 Å². The Kier molecular flexibility index (Phi) is 9.93. The maximum Gasteiger partial charge on any atom is 0.133 e. The lowest BCUT2D eigenvalue weighted by Gasteiger charge is -2.32. The monoisotopic (exact) mass is 454 g/mol. The van der Waals surface area contributed by atoms with E-state index in [4.69, 9.17) is 20.6 Å². The van der Waals surface area contributed by atoms with Crippen molar-refractivity contribution in [1.82, 2.24) is 9.88 Å². The van der Waals surface area contributed by atoms with Crippen molar-refractivity contribution < 1.29 is 9.47 Å². The first kappa shape index (κ1) is 25.0. The predicted molar refractivity (Wildman–Crippen MR) is 136 cm³/mol. The number of ether oxygens (including phenoxy) is 2. The van der Waals surface area contributed by atoms with E-state index in [9.17, 15) is 0 Å². The molecule has 180 valence electrons. The van der Waals surface area contributed by atoms with E-state index in [1.165, 1.54) is 11.8 Å². The molecule has 2 aliphatic heterocycles. The van der Waals surface area contributed by atoms with E-state index >= 15 is 0 Å². The fourth-order valence-electron chi connectivity index (χ4n) is 3.97. The molecule has 3 heterocycles. The third-order valence-electron chi connectivity index (χ3n) is 5.90. The average Bonchev–Trinajstić information content (AvgIpc) is 2.86. The molecule has 0 spiro atoms. The largest absolute Gasteiger partial charge is 0.384 e. The number of aromatic nitrogens is 1. The molecule has 2 aliphatic rings. The van der Waals surface area contributed by atoms with Crippen LogP contribution in [0.4, 0.5) is 17.3 Å². The molecule has 0 saturated carbocycles. The number of benzene rings is 1. The van der Waals surface area contributed by atoms with Gasteiger partial charge in [0.25, 0.3) is 0 Å². The summed E-state index contributed by atoms with van der Waals surface area (Å²) in [6.45, 7) is 14.1. The minimum atomic E-state index is 0.582. The Labute approximate surface area is 197 Å². The van der Waals surface area contributed by atoms with Crippen molar-refractivity contribution >= 4 is 23.5 Å². The molecular formula is C25H38N6O2. The lowest BCUT2D eigenvalue weighted by Crippen LogP contribution is -2.41. The summed E-state index contributed by atoms with van der Waals surface area (Å²) in [4.78, 5) is 11.6. The van der Waals surface area contributed by atoms with Crippen molar-refractivity contribution in [2.45, 2.75) is 13.8 Å². The van der Waals surface area contributed by atoms with Crippen LogP contribution in [0.25, 0.3) is 0 Å². The molecule has 8 heteroatoms. The van der Waals surface area contributed by atoms with E-state index in [1.54, 1.807) is 0 Å². The van der Waals surface area contributed by atoms with Crippen LogP contribution in [0.3, 0.4) is 0 Å². The lowest BCUT2D eigenvalue weighted by atomic mass is 10.2. The third kappa shape index (κ3) is 7.99. The Bertz CT molecular complexity index is 866. The van der Waals surface area contributed by atoms with Crippen molar-refractivity contribution in [3.63, 3.8) is 0 Å². The number of rotatable bonds is 7. The van der Waals surface area contributed by atoms with Gasteiger partial charge in [0.2, 0.25) is 0 Å². The first-order chi connectivity index (χ1) is 16.1. The zero-order valence-electron chi connectivity index (χ0n) is 20.0. The fraction of sp³-hybridized carbons (Fsp3) is 0.520. The molecule has 2 aromatic rings. The van der Waals surface area contributed by atoms with Crippen LogP contribution in [0, 0.1) is 12.3 Å². The van der Waals surface area contributed by atoms with Crippen LogP contribution in [-0.4, -0.2) is 88.3 Å². The average molecular weight is 455 g/mol. The molecule has 4 rings (SSSR count). The molecule has 8 nitrogen and oxygen atoms in total. The molecule has 2 fully saturated rings. The molecule has 0 amide bonds. The van der Waals surface area contributed by atoms with Crippen molar-refractivity contribution in [2.75, 3.05) is 87.8 Å². The van der Waals surface area contributed by atoms with Gasteiger partial charge in [-0.05, 0) is 19.4 Å². The third-order valence-corrected chi connectivity index (χ3v) is 5.90. The number of likely N-dealkylation sites (N-methyl/N-ethyl adjacent to an activating group) is 1. The fourth-order valence-corrected chi connectivity index (χ4v) is 3.97. The summed E-state index contributed by atoms with van der Waals surface area (Å²) in [5, 5.41) is 6.92. The minimum Gasteiger partial charge on any atom is -0.384 e. The van der Waals surface area contributed by atoms with Gasteiger partial charge < -0.3 is 30.4 Å². The van der Waals surface area contributed by atoms with Crippen LogP contribution in [-0.2, 0) is 9.47 Å². The summed E-state index contributed by atoms with van der Waals surface area (Å²) >= 11 is 0. The van der Waals surface area contributed by atoms with E-state index < -0.39 is 0 Å². The molecule has 0 bridgehead atoms. The van der Waals surface area contributed by atoms with Gasteiger partial charge in [0.15, 0.2) is 0 Å². The number of aryl methyl sites for hydroxylation is 1. The van der Waals surface area contributed by atoms with Crippen LogP contribution in [0.5, 0.6) is 0 Å². The molecule has 0 radical (unpaired) electrons. The van der Waals surface area contributed by atoms with Gasteiger partial charge in [-0.1, -0.05) is 29.8 Å². The summed E-state index contributed by atoms with van der Waals surface area (Å²) in [6, 6.07) is 12.0. The number of anilines is 3. The highest BCUT2D eigenvalue weighted by atomic mass is 16.5. The zero-order chi connectivity index (χ0) is 23.5. The zero-order valence-corrected chi connectivity index (χ0v) is 20.0. The quantitative estimate of drug-likeness (QED) is 0.622. The Hall–Kier alpha value is -2.68. The number of hydrogen-bond donors (Lipinski definition) is 2. The van der Waals surface area contributed by atoms with Gasteiger partial charge in [-0.2, -0.15) is 0 Å². The molecule has 3 N–H and O–H groups in total. The highest BCUT2D eigenvalue weighted by Gasteiger charge is 2.16. The van der Waals surface area contributed by atoms with E-state index in [0.717, 1.165) is 89.3 Å². The topological polar surface area (TPSA) is 90.9 Å². The number of nitrogens with two attached hydrogens (primary N) is 1. The summed E-state index contributed by atoms with van der Waals surface area (Å²) in [5.74, 6) is 1.55. The Balaban J connectivity index is 0.000000286. The van der Waals surface area contributed by atoms with E-state index in [-0.39, 0.29) is 0 Å². The molecule has 0 aliphatic carbocycles. The number of nitrogens with one attached hydrogen (secondary N) is 1. The SMILES string of the molecule is CCN(CCN1CCOCC1)c1cc(N2CCOCC2)cc(N)n1.Cc1cccc(C=N)c1. The van der Waals surface area contributed by atoms with Crippen molar-refractivity contribution in [3.05, 3.63) is 47.5 Å². The molecule has 1 aromatic carbocycles. The number of pyridine rings is 1. The van der Waals surface area contributed by atoms with Crippen LogP contribution < -0.4 is 15.5 Å². The molecule has 0 unspecified atom stereocenters. The first-order valence-electron chi connectivity index (χ1n) is 11.8. The predicted octanol–water partition coefficient (Wildman–Crippen LogP) is 2.65. The van der Waals surface area contributed by atoms with Gasteiger partial charge in [-0.25, -0.2) is 4.98 Å². The molecular weight excluding hydrogens is 416 g/mol. The van der Waals surface area contributed by atoms with E-state index in [1.807, 2.05) is 37.3 Å². The maximum absolute atomic E-state index is 6.92. The first-order valence-corrected chi connectivity index (χ1v) is 11.8. The van der Waals surface area contributed by atoms with Crippen LogP contribution >= 0.6 is 0 Å². The molecule has 2 saturated heterocycles. The number of hydrogen-bond acceptors (Lipinski definition) is 8. The smallest absolute Gasteiger partial charge is 0.133 e. The van der Waals surface area contributed by atoms with Crippen LogP contribution in [0.15, 0.2) is 36.4 Å². The second-order valence-corrected chi connectivity index (χ2v) is 8.30. The summed E-state index contributed by atoms with van der Waals surface area (Å²) in [6.07, 6.45) is 1.35. The summed E-state index contributed by atoms with van der Waals surface area (Å²) in [5.41, 5.74) is 9.39. The van der Waals surface area contributed by atoms with Gasteiger partial charge in [0, 0.05) is 69.8 Å². The molecule has 0 atom stereocenters. The lowest BCUT2D eigenvalue weighted by molar-refractivity contribution is 0.0392. The summed E-state index contributed by atoms with van der Waals surface area (Å²) in [7, 11) is 0. The van der Waals surface area contributed by atoms with Gasteiger partial charge in [0.05, 0.1) is 26.4 Å². The second kappa shape index (κ2) is 13.1. The summed E-state index contributed by atoms with van der Waals surface area (Å²) < 4.78 is 10.9. The molecule has 1 aromatic heterocycles. The van der Waals surface area contributed by atoms with Gasteiger partial charge in [-0.15, -0.1) is 0 Å².